The fourth-order valence-corrected chi connectivity index (χ4v) is 1.70. The molecule has 0 aliphatic rings. The van der Waals surface area contributed by atoms with Crippen LogP contribution in [-0.2, 0) is 11.3 Å². The van der Waals surface area contributed by atoms with Gasteiger partial charge in [0.25, 0.3) is 0 Å². The average molecular weight is 273 g/mol. The summed E-state index contributed by atoms with van der Waals surface area (Å²) in [6.07, 6.45) is 1.96. The lowest BCUT2D eigenvalue weighted by molar-refractivity contribution is -0.121. The second kappa shape index (κ2) is 7.23. The lowest BCUT2D eigenvalue weighted by atomic mass is 10.3. The minimum Gasteiger partial charge on any atom is -0.382 e. The van der Waals surface area contributed by atoms with Gasteiger partial charge in [0.15, 0.2) is 0 Å². The zero-order valence-corrected chi connectivity index (χ0v) is 11.0. The Morgan fingerprint density at radius 3 is 2.70 bits per heavy atom. The number of nitrogens with one attached hydrogen (secondary N) is 2. The normalized spacial score (nSPS) is 10.1. The number of amides is 1. The van der Waals surface area contributed by atoms with Gasteiger partial charge >= 0.3 is 0 Å². The summed E-state index contributed by atoms with van der Waals surface area (Å²) < 4.78 is 13.3. The molecule has 2 aromatic rings. The molecule has 2 rings (SSSR count). The molecule has 0 aliphatic heterocycles. The lowest BCUT2D eigenvalue weighted by Gasteiger charge is -2.08. The van der Waals surface area contributed by atoms with Crippen molar-refractivity contribution in [3.8, 4) is 0 Å². The Hall–Kier alpha value is -2.43. The van der Waals surface area contributed by atoms with Crippen LogP contribution in [0.1, 0.15) is 12.1 Å². The number of carbonyl (C=O) groups is 1. The van der Waals surface area contributed by atoms with Crippen LogP contribution < -0.4 is 10.6 Å². The molecule has 104 valence electrons. The molecule has 0 radical (unpaired) electrons. The van der Waals surface area contributed by atoms with Crippen LogP contribution in [0.3, 0.4) is 0 Å². The minimum absolute atomic E-state index is 0.0977. The molecule has 0 unspecified atom stereocenters. The summed E-state index contributed by atoms with van der Waals surface area (Å²) in [5.74, 6) is -0.416. The topological polar surface area (TPSA) is 54.0 Å². The van der Waals surface area contributed by atoms with Gasteiger partial charge in [0.05, 0.1) is 17.9 Å². The van der Waals surface area contributed by atoms with Crippen molar-refractivity contribution in [2.45, 2.75) is 13.0 Å². The van der Waals surface area contributed by atoms with Gasteiger partial charge in [-0.15, -0.1) is 0 Å². The molecular formula is C15H16FN3O. The van der Waals surface area contributed by atoms with Crippen LogP contribution >= 0.6 is 0 Å². The molecule has 0 bridgehead atoms. The SMILES string of the molecule is O=C(CCNc1ccccc1F)NCc1ccccn1. The van der Waals surface area contributed by atoms with E-state index in [2.05, 4.69) is 15.6 Å². The van der Waals surface area contributed by atoms with Gasteiger partial charge < -0.3 is 10.6 Å². The molecule has 0 spiro atoms. The molecule has 0 saturated heterocycles. The van der Waals surface area contributed by atoms with Gasteiger partial charge in [-0.05, 0) is 24.3 Å². The molecule has 4 nitrogen and oxygen atoms in total. The van der Waals surface area contributed by atoms with E-state index >= 15 is 0 Å². The summed E-state index contributed by atoms with van der Waals surface area (Å²) in [6.45, 7) is 0.786. The minimum atomic E-state index is -0.318. The summed E-state index contributed by atoms with van der Waals surface area (Å²) >= 11 is 0. The van der Waals surface area contributed by atoms with Gasteiger partial charge in [0, 0.05) is 19.2 Å². The Kier molecular flexibility index (Phi) is 5.06. The van der Waals surface area contributed by atoms with E-state index in [1.807, 2.05) is 18.2 Å². The number of para-hydroxylation sites is 1. The standard InChI is InChI=1S/C15H16FN3O/c16-13-6-1-2-7-14(13)18-10-8-15(20)19-11-12-5-3-4-9-17-12/h1-7,9,18H,8,10-11H2,(H,19,20). The van der Waals surface area contributed by atoms with Crippen LogP contribution in [0.5, 0.6) is 0 Å². The summed E-state index contributed by atoms with van der Waals surface area (Å²) in [6, 6.07) is 11.9. The quantitative estimate of drug-likeness (QED) is 0.849. The molecule has 0 aliphatic carbocycles. The maximum Gasteiger partial charge on any atom is 0.222 e. The molecule has 5 heteroatoms. The lowest BCUT2D eigenvalue weighted by Crippen LogP contribution is -2.25. The number of hydrogen-bond donors (Lipinski definition) is 2. The summed E-state index contributed by atoms with van der Waals surface area (Å²) in [5, 5.41) is 5.66. The molecule has 20 heavy (non-hydrogen) atoms. The number of halogens is 1. The first kappa shape index (κ1) is 14.0. The van der Waals surface area contributed by atoms with Crippen LogP contribution in [0, 0.1) is 5.82 Å². The van der Waals surface area contributed by atoms with Gasteiger partial charge in [0.1, 0.15) is 5.82 Å². The van der Waals surface area contributed by atoms with Crippen LogP contribution in [-0.4, -0.2) is 17.4 Å². The van der Waals surface area contributed by atoms with Crippen LogP contribution in [0.4, 0.5) is 10.1 Å². The number of rotatable bonds is 6. The van der Waals surface area contributed by atoms with E-state index in [1.54, 1.807) is 24.4 Å². The van der Waals surface area contributed by atoms with E-state index in [0.29, 0.717) is 18.8 Å². The van der Waals surface area contributed by atoms with Crippen molar-refractivity contribution in [3.05, 3.63) is 60.2 Å². The van der Waals surface area contributed by atoms with Crippen molar-refractivity contribution in [1.29, 1.82) is 0 Å². The number of aromatic nitrogens is 1. The fraction of sp³-hybridized carbons (Fsp3) is 0.200. The molecule has 1 heterocycles. The van der Waals surface area contributed by atoms with Crippen LogP contribution in [0.25, 0.3) is 0 Å². The second-order valence-corrected chi connectivity index (χ2v) is 4.25. The Morgan fingerprint density at radius 1 is 1.15 bits per heavy atom. The fourth-order valence-electron chi connectivity index (χ4n) is 1.70. The van der Waals surface area contributed by atoms with Crippen LogP contribution in [0.2, 0.25) is 0 Å². The Bertz CT molecular complexity index is 560. The Balaban J connectivity index is 1.69. The van der Waals surface area contributed by atoms with E-state index in [-0.39, 0.29) is 18.1 Å². The number of nitrogens with zero attached hydrogens (tertiary/aromatic N) is 1. The molecule has 1 amide bonds. The first-order chi connectivity index (χ1) is 9.75. The predicted octanol–water partition coefficient (Wildman–Crippen LogP) is 2.34. The maximum atomic E-state index is 13.3. The summed E-state index contributed by atoms with van der Waals surface area (Å²) in [7, 11) is 0. The van der Waals surface area contributed by atoms with Crippen molar-refractivity contribution < 1.29 is 9.18 Å². The highest BCUT2D eigenvalue weighted by Gasteiger charge is 2.03. The Morgan fingerprint density at radius 2 is 1.95 bits per heavy atom. The van der Waals surface area contributed by atoms with Gasteiger partial charge in [-0.1, -0.05) is 18.2 Å². The number of pyridine rings is 1. The smallest absolute Gasteiger partial charge is 0.222 e. The van der Waals surface area contributed by atoms with Crippen LogP contribution in [0.15, 0.2) is 48.7 Å². The Labute approximate surface area is 117 Å². The molecule has 0 fully saturated rings. The largest absolute Gasteiger partial charge is 0.382 e. The van der Waals surface area contributed by atoms with E-state index < -0.39 is 0 Å². The highest BCUT2D eigenvalue weighted by atomic mass is 19.1. The monoisotopic (exact) mass is 273 g/mol. The number of hydrogen-bond acceptors (Lipinski definition) is 3. The van der Waals surface area contributed by atoms with E-state index in [0.717, 1.165) is 5.69 Å². The van der Waals surface area contributed by atoms with E-state index in [1.165, 1.54) is 6.07 Å². The second-order valence-electron chi connectivity index (χ2n) is 4.25. The number of carbonyl (C=O) groups excluding carboxylic acids is 1. The maximum absolute atomic E-state index is 13.3. The van der Waals surface area contributed by atoms with Crippen molar-refractivity contribution in [2.75, 3.05) is 11.9 Å². The van der Waals surface area contributed by atoms with Gasteiger partial charge in [-0.2, -0.15) is 0 Å². The first-order valence-electron chi connectivity index (χ1n) is 6.41. The van der Waals surface area contributed by atoms with Gasteiger partial charge in [-0.25, -0.2) is 4.39 Å². The first-order valence-corrected chi connectivity index (χ1v) is 6.41. The zero-order valence-electron chi connectivity index (χ0n) is 11.0. The summed E-state index contributed by atoms with van der Waals surface area (Å²) in [4.78, 5) is 15.7. The molecular weight excluding hydrogens is 257 g/mol. The number of anilines is 1. The molecule has 1 aromatic carbocycles. The molecule has 0 saturated carbocycles. The summed E-state index contributed by atoms with van der Waals surface area (Å²) in [5.41, 5.74) is 1.22. The van der Waals surface area contributed by atoms with Gasteiger partial charge in [-0.3, -0.25) is 9.78 Å². The van der Waals surface area contributed by atoms with E-state index in [4.69, 9.17) is 0 Å². The molecule has 0 atom stereocenters. The molecule has 2 N–H and O–H groups in total. The van der Waals surface area contributed by atoms with Crippen molar-refractivity contribution in [3.63, 3.8) is 0 Å². The third-order valence-electron chi connectivity index (χ3n) is 2.73. The van der Waals surface area contributed by atoms with Gasteiger partial charge in [0.2, 0.25) is 5.91 Å². The van der Waals surface area contributed by atoms with E-state index in [9.17, 15) is 9.18 Å². The van der Waals surface area contributed by atoms with Crippen molar-refractivity contribution in [1.82, 2.24) is 10.3 Å². The molecule has 1 aromatic heterocycles. The van der Waals surface area contributed by atoms with Crippen molar-refractivity contribution in [2.24, 2.45) is 0 Å². The zero-order chi connectivity index (χ0) is 14.2. The highest BCUT2D eigenvalue weighted by molar-refractivity contribution is 5.76. The third-order valence-corrected chi connectivity index (χ3v) is 2.73. The average Bonchev–Trinajstić information content (AvgIpc) is 2.48. The third kappa shape index (κ3) is 4.35. The van der Waals surface area contributed by atoms with Crippen molar-refractivity contribution >= 4 is 11.6 Å². The number of benzene rings is 1. The highest BCUT2D eigenvalue weighted by Crippen LogP contribution is 2.11. The predicted molar refractivity (Wildman–Crippen MR) is 75.6 cm³/mol.